The van der Waals surface area contributed by atoms with Crippen molar-refractivity contribution in [2.24, 2.45) is 0 Å². The summed E-state index contributed by atoms with van der Waals surface area (Å²) in [5.41, 5.74) is 1.95. The van der Waals surface area contributed by atoms with Crippen molar-refractivity contribution in [2.75, 3.05) is 6.26 Å². The summed E-state index contributed by atoms with van der Waals surface area (Å²) in [6.07, 6.45) is 4.89. The first-order valence-corrected chi connectivity index (χ1v) is 9.13. The predicted octanol–water partition coefficient (Wildman–Crippen LogP) is 3.42. The second-order valence-electron chi connectivity index (χ2n) is 4.96. The van der Waals surface area contributed by atoms with Crippen molar-refractivity contribution in [3.05, 3.63) is 53.1 Å². The third kappa shape index (κ3) is 2.80. The number of carbonyl (C=O) groups is 1. The maximum atomic E-state index is 11.6. The van der Waals surface area contributed by atoms with Crippen LogP contribution >= 0.6 is 11.8 Å². The smallest absolute Gasteiger partial charge is 0.335 e. The average Bonchev–Trinajstić information content (AvgIpc) is 2.63. The third-order valence-corrected chi connectivity index (χ3v) is 5.61. The van der Waals surface area contributed by atoms with Crippen LogP contribution in [0.25, 0.3) is 12.2 Å². The molecular formula is C16H12O4S2. The average molecular weight is 332 g/mol. The Labute approximate surface area is 132 Å². The molecule has 0 bridgehead atoms. The zero-order valence-corrected chi connectivity index (χ0v) is 13.2. The highest BCUT2D eigenvalue weighted by molar-refractivity contribution is 7.99. The fourth-order valence-corrected chi connectivity index (χ4v) is 3.89. The molecule has 0 fully saturated rings. The first-order chi connectivity index (χ1) is 10.3. The van der Waals surface area contributed by atoms with Crippen molar-refractivity contribution >= 4 is 39.7 Å². The molecule has 0 amide bonds. The molecule has 112 valence electrons. The van der Waals surface area contributed by atoms with Gasteiger partial charge in [-0.05, 0) is 41.5 Å². The quantitative estimate of drug-likeness (QED) is 0.778. The van der Waals surface area contributed by atoms with Crippen molar-refractivity contribution in [3.63, 3.8) is 0 Å². The molecule has 1 N–H and O–H groups in total. The molecule has 0 radical (unpaired) electrons. The van der Waals surface area contributed by atoms with Gasteiger partial charge in [0.25, 0.3) is 0 Å². The van der Waals surface area contributed by atoms with Gasteiger partial charge in [-0.25, -0.2) is 13.2 Å². The maximum absolute atomic E-state index is 11.6. The maximum Gasteiger partial charge on any atom is 0.335 e. The molecule has 0 saturated carbocycles. The Morgan fingerprint density at radius 3 is 2.41 bits per heavy atom. The van der Waals surface area contributed by atoms with E-state index in [2.05, 4.69) is 0 Å². The lowest BCUT2D eigenvalue weighted by atomic mass is 10.1. The normalized spacial score (nSPS) is 13.1. The number of carboxylic acids is 1. The van der Waals surface area contributed by atoms with E-state index in [0.29, 0.717) is 0 Å². The number of fused-ring (bicyclic) bond motifs is 2. The van der Waals surface area contributed by atoms with E-state index in [1.165, 1.54) is 18.0 Å². The molecule has 1 aliphatic rings. The van der Waals surface area contributed by atoms with Gasteiger partial charge in [-0.3, -0.25) is 0 Å². The largest absolute Gasteiger partial charge is 0.478 e. The van der Waals surface area contributed by atoms with Crippen molar-refractivity contribution in [3.8, 4) is 0 Å². The number of aromatic carboxylic acids is 1. The first kappa shape index (κ1) is 14.9. The lowest BCUT2D eigenvalue weighted by Crippen LogP contribution is -1.97. The van der Waals surface area contributed by atoms with Gasteiger partial charge < -0.3 is 5.11 Å². The molecule has 0 aromatic heterocycles. The Hall–Kier alpha value is -2.05. The van der Waals surface area contributed by atoms with Crippen LogP contribution in [0.15, 0.2) is 51.1 Å². The molecule has 0 atom stereocenters. The molecule has 0 saturated heterocycles. The van der Waals surface area contributed by atoms with Crippen LogP contribution in [-0.2, 0) is 9.84 Å². The van der Waals surface area contributed by atoms with Crippen LogP contribution in [0.1, 0.15) is 21.5 Å². The zero-order valence-electron chi connectivity index (χ0n) is 11.6. The molecule has 4 nitrogen and oxygen atoms in total. The lowest BCUT2D eigenvalue weighted by Gasteiger charge is -2.08. The van der Waals surface area contributed by atoms with Gasteiger partial charge in [-0.1, -0.05) is 30.0 Å². The number of hydrogen-bond donors (Lipinski definition) is 1. The number of sulfone groups is 1. The van der Waals surface area contributed by atoms with Crippen LogP contribution in [0.5, 0.6) is 0 Å². The van der Waals surface area contributed by atoms with E-state index in [1.807, 2.05) is 12.2 Å². The summed E-state index contributed by atoms with van der Waals surface area (Å²) in [7, 11) is -3.25. The lowest BCUT2D eigenvalue weighted by molar-refractivity contribution is 0.0696. The van der Waals surface area contributed by atoms with Crippen LogP contribution in [0.2, 0.25) is 0 Å². The topological polar surface area (TPSA) is 71.4 Å². The summed E-state index contributed by atoms with van der Waals surface area (Å²) in [5.74, 6) is -0.968. The second kappa shape index (κ2) is 5.30. The van der Waals surface area contributed by atoms with Gasteiger partial charge in [-0.2, -0.15) is 0 Å². The molecule has 0 unspecified atom stereocenters. The van der Waals surface area contributed by atoms with Crippen molar-refractivity contribution in [1.82, 2.24) is 0 Å². The third-order valence-electron chi connectivity index (χ3n) is 3.33. The predicted molar refractivity (Wildman–Crippen MR) is 86.0 cm³/mol. The molecule has 22 heavy (non-hydrogen) atoms. The molecule has 3 rings (SSSR count). The number of rotatable bonds is 2. The highest BCUT2D eigenvalue weighted by Crippen LogP contribution is 2.38. The van der Waals surface area contributed by atoms with Crippen molar-refractivity contribution in [1.29, 1.82) is 0 Å². The Morgan fingerprint density at radius 2 is 1.73 bits per heavy atom. The van der Waals surface area contributed by atoms with Crippen molar-refractivity contribution in [2.45, 2.75) is 14.7 Å². The fraction of sp³-hybridized carbons (Fsp3) is 0.0625. The van der Waals surface area contributed by atoms with Crippen LogP contribution in [-0.4, -0.2) is 25.7 Å². The Bertz CT molecular complexity index is 912. The van der Waals surface area contributed by atoms with Gasteiger partial charge in [-0.15, -0.1) is 0 Å². The van der Waals surface area contributed by atoms with E-state index >= 15 is 0 Å². The van der Waals surface area contributed by atoms with E-state index in [4.69, 9.17) is 5.11 Å². The Balaban J connectivity index is 2.10. The van der Waals surface area contributed by atoms with E-state index in [0.717, 1.165) is 20.9 Å². The molecule has 0 aliphatic carbocycles. The number of hydrogen-bond acceptors (Lipinski definition) is 4. The Kier molecular flexibility index (Phi) is 3.58. The zero-order chi connectivity index (χ0) is 15.9. The highest BCUT2D eigenvalue weighted by atomic mass is 32.2. The van der Waals surface area contributed by atoms with Gasteiger partial charge in [0.1, 0.15) is 0 Å². The fourth-order valence-electron chi connectivity index (χ4n) is 2.17. The molecule has 2 aromatic rings. The van der Waals surface area contributed by atoms with E-state index in [-0.39, 0.29) is 10.5 Å². The second-order valence-corrected chi connectivity index (χ2v) is 8.06. The van der Waals surface area contributed by atoms with E-state index in [9.17, 15) is 13.2 Å². The summed E-state index contributed by atoms with van der Waals surface area (Å²) in [6.45, 7) is 0. The summed E-state index contributed by atoms with van der Waals surface area (Å²) < 4.78 is 23.3. The van der Waals surface area contributed by atoms with Gasteiger partial charge >= 0.3 is 5.97 Å². The van der Waals surface area contributed by atoms with Crippen LogP contribution in [0, 0.1) is 0 Å². The molecule has 0 spiro atoms. The molecule has 1 aliphatic heterocycles. The van der Waals surface area contributed by atoms with Crippen LogP contribution < -0.4 is 0 Å². The van der Waals surface area contributed by atoms with E-state index < -0.39 is 15.8 Å². The van der Waals surface area contributed by atoms with Crippen LogP contribution in [0.3, 0.4) is 0 Å². The monoisotopic (exact) mass is 332 g/mol. The Morgan fingerprint density at radius 1 is 1.00 bits per heavy atom. The summed E-state index contributed by atoms with van der Waals surface area (Å²) in [5, 5.41) is 9.08. The van der Waals surface area contributed by atoms with Gasteiger partial charge in [0.2, 0.25) is 0 Å². The minimum atomic E-state index is -3.25. The number of carboxylic acid groups (broad SMARTS) is 1. The van der Waals surface area contributed by atoms with Gasteiger partial charge in [0.15, 0.2) is 9.84 Å². The SMILES string of the molecule is CS(=O)(=O)c1ccc2c(c1)C=Cc1ccc(C(=O)O)cc1S2. The molecule has 1 heterocycles. The minimum absolute atomic E-state index is 0.232. The molecule has 2 aromatic carbocycles. The molecule has 6 heteroatoms. The highest BCUT2D eigenvalue weighted by Gasteiger charge is 2.15. The van der Waals surface area contributed by atoms with Crippen LogP contribution in [0.4, 0.5) is 0 Å². The first-order valence-electron chi connectivity index (χ1n) is 6.42. The van der Waals surface area contributed by atoms with E-state index in [1.54, 1.807) is 36.4 Å². The summed E-state index contributed by atoms with van der Waals surface area (Å²) in [4.78, 5) is 13.1. The summed E-state index contributed by atoms with van der Waals surface area (Å²) in [6, 6.07) is 9.91. The van der Waals surface area contributed by atoms with Gasteiger partial charge in [0, 0.05) is 16.0 Å². The number of benzene rings is 2. The summed E-state index contributed by atoms with van der Waals surface area (Å²) >= 11 is 1.43. The molecular weight excluding hydrogens is 320 g/mol. The van der Waals surface area contributed by atoms with Gasteiger partial charge in [0.05, 0.1) is 10.5 Å². The minimum Gasteiger partial charge on any atom is -0.478 e. The standard InChI is InChI=1S/C16H12O4S2/c1-22(19,20)13-6-7-14-11(8-13)4-2-10-3-5-12(16(17)18)9-15(10)21-14/h2-9H,1H3,(H,17,18). The van der Waals surface area contributed by atoms with Crippen molar-refractivity contribution < 1.29 is 18.3 Å².